The zero-order valence-electron chi connectivity index (χ0n) is 29.8. The van der Waals surface area contributed by atoms with Crippen molar-refractivity contribution in [2.24, 2.45) is 11.3 Å². The Morgan fingerprint density at radius 3 is 2.48 bits per heavy atom. The Hall–Kier alpha value is -4.39. The molecule has 3 aromatic rings. The van der Waals surface area contributed by atoms with Crippen LogP contribution in [-0.2, 0) is 4.79 Å². The Morgan fingerprint density at radius 2 is 1.83 bits per heavy atom. The van der Waals surface area contributed by atoms with E-state index in [4.69, 9.17) is 25.8 Å². The summed E-state index contributed by atoms with van der Waals surface area (Å²) in [6.45, 7) is 10.2. The van der Waals surface area contributed by atoms with Crippen molar-refractivity contribution in [2.45, 2.75) is 64.0 Å². The lowest BCUT2D eigenvalue weighted by Crippen LogP contribution is -2.61. The van der Waals surface area contributed by atoms with Gasteiger partial charge in [0.2, 0.25) is 11.9 Å². The number of nitrogens with zero attached hydrogens (tertiary/aromatic N) is 6. The van der Waals surface area contributed by atoms with Gasteiger partial charge in [0.25, 0.3) is 0 Å². The van der Waals surface area contributed by atoms with Crippen molar-refractivity contribution in [3.05, 3.63) is 47.5 Å². The maximum atomic E-state index is 14.1. The Balaban J connectivity index is 1.29. The van der Waals surface area contributed by atoms with Gasteiger partial charge in [-0.3, -0.25) is 9.69 Å². The number of nitrogens with two attached hydrogens (primary N) is 1. The number of nitrogen functional groups attached to an aromatic ring is 1. The molecule has 276 valence electrons. The number of benzene rings is 2. The fraction of sp³-hybridized carbons (Fsp3) is 0.538. The third-order valence-electron chi connectivity index (χ3n) is 11.7. The van der Waals surface area contributed by atoms with Crippen molar-refractivity contribution < 1.29 is 22.7 Å². The van der Waals surface area contributed by atoms with Crippen LogP contribution >= 0.6 is 0 Å². The molecule has 52 heavy (non-hydrogen) atoms. The number of likely N-dealkylation sites (tertiary alicyclic amines) is 1. The molecule has 3 N–H and O–H groups in total. The van der Waals surface area contributed by atoms with Crippen LogP contribution in [0.25, 0.3) is 22.0 Å². The van der Waals surface area contributed by atoms with E-state index in [1.165, 1.54) is 25.1 Å². The van der Waals surface area contributed by atoms with Gasteiger partial charge in [0.05, 0.1) is 6.67 Å². The highest BCUT2D eigenvalue weighted by atomic mass is 19.4. The first-order valence-corrected chi connectivity index (χ1v) is 18.6. The minimum absolute atomic E-state index is 0.0399. The number of piperidine rings is 1. The fourth-order valence-corrected chi connectivity index (χ4v) is 8.52. The SMILES string of the molecule is C=CC(=O)N1CC2(CCN(c3nc(N4CCCN(CC5CC5)C4)nc4c(OCC(F)(F)F)c(-c5c(C)ccc(N)c5C=N)c(C5CC5)cc34)CC2)C1. The Labute approximate surface area is 302 Å². The summed E-state index contributed by atoms with van der Waals surface area (Å²) in [6.07, 6.45) is 4.90. The maximum Gasteiger partial charge on any atom is 0.422 e. The summed E-state index contributed by atoms with van der Waals surface area (Å²) in [4.78, 5) is 31.3. The number of anilines is 3. The predicted molar refractivity (Wildman–Crippen MR) is 197 cm³/mol. The Bertz CT molecular complexity index is 1910. The molecule has 2 saturated carbocycles. The number of hydrogen-bond donors (Lipinski definition) is 2. The van der Waals surface area contributed by atoms with Crippen LogP contribution in [0, 0.1) is 23.7 Å². The van der Waals surface area contributed by atoms with Gasteiger partial charge in [0.1, 0.15) is 11.3 Å². The molecule has 1 amide bonds. The lowest BCUT2D eigenvalue weighted by molar-refractivity contribution is -0.153. The maximum absolute atomic E-state index is 14.1. The first kappa shape index (κ1) is 34.7. The minimum Gasteiger partial charge on any atom is -0.481 e. The van der Waals surface area contributed by atoms with Gasteiger partial charge in [-0.2, -0.15) is 18.2 Å². The van der Waals surface area contributed by atoms with Gasteiger partial charge in [0, 0.05) is 79.6 Å². The summed E-state index contributed by atoms with van der Waals surface area (Å²) in [5.41, 5.74) is 10.4. The first-order chi connectivity index (χ1) is 25.0. The standard InChI is InChI=1S/C39H47F3N8O2/c1-3-31(51)50-20-38(21-50)11-15-48(16-12-38)36-28-17-27(26-8-9-26)33(32-24(2)5-10-30(44)29(32)18-43)35(52-22-39(40,41)42)34(28)45-37(46-36)49-14-4-13-47(23-49)19-25-6-7-25/h3,5,10,17-18,25-26,43H,1,4,6-9,11-16,19-23,44H2,2H3. The molecular formula is C39H47F3N8O2. The van der Waals surface area contributed by atoms with Gasteiger partial charge in [-0.15, -0.1) is 0 Å². The van der Waals surface area contributed by atoms with E-state index >= 15 is 0 Å². The third-order valence-corrected chi connectivity index (χ3v) is 11.7. The van der Waals surface area contributed by atoms with Gasteiger partial charge in [-0.05, 0) is 98.6 Å². The highest BCUT2D eigenvalue weighted by molar-refractivity contribution is 6.05. The molecule has 8 rings (SSSR count). The second kappa shape index (κ2) is 13.2. The summed E-state index contributed by atoms with van der Waals surface area (Å²) in [5.74, 6) is 2.03. The molecule has 4 heterocycles. The highest BCUT2D eigenvalue weighted by Gasteiger charge is 2.47. The summed E-state index contributed by atoms with van der Waals surface area (Å²) in [7, 11) is 0. The van der Waals surface area contributed by atoms with Gasteiger partial charge < -0.3 is 30.6 Å². The average Bonchev–Trinajstić information content (AvgIpc) is 4.06. The molecule has 1 aromatic heterocycles. The molecule has 13 heteroatoms. The average molecular weight is 717 g/mol. The third kappa shape index (κ3) is 6.68. The second-order valence-corrected chi connectivity index (χ2v) is 15.7. The van der Waals surface area contributed by atoms with Crippen molar-refractivity contribution in [2.75, 3.05) is 74.6 Å². The molecule has 5 fully saturated rings. The number of aryl methyl sites for hydroxylation is 1. The Morgan fingerprint density at radius 1 is 1.08 bits per heavy atom. The molecule has 10 nitrogen and oxygen atoms in total. The molecule has 5 aliphatic rings. The number of hydrogen-bond acceptors (Lipinski definition) is 9. The quantitative estimate of drug-likeness (QED) is 0.139. The van der Waals surface area contributed by atoms with E-state index in [0.717, 1.165) is 62.9 Å². The van der Waals surface area contributed by atoms with Crippen LogP contribution in [0.2, 0.25) is 0 Å². The predicted octanol–water partition coefficient (Wildman–Crippen LogP) is 6.50. The number of carbonyl (C=O) groups is 1. The number of carbonyl (C=O) groups excluding carboxylic acids is 1. The van der Waals surface area contributed by atoms with E-state index < -0.39 is 12.8 Å². The zero-order valence-corrected chi connectivity index (χ0v) is 29.8. The van der Waals surface area contributed by atoms with E-state index in [9.17, 15) is 18.0 Å². The van der Waals surface area contributed by atoms with Gasteiger partial charge in [-0.1, -0.05) is 12.6 Å². The molecule has 0 unspecified atom stereocenters. The highest BCUT2D eigenvalue weighted by Crippen LogP contribution is 2.53. The second-order valence-electron chi connectivity index (χ2n) is 15.7. The normalized spacial score (nSPS) is 20.7. The molecule has 2 aromatic carbocycles. The number of ether oxygens (including phenoxy) is 1. The van der Waals surface area contributed by atoms with E-state index in [1.807, 2.05) is 17.9 Å². The molecule has 3 saturated heterocycles. The van der Waals surface area contributed by atoms with Crippen LogP contribution in [-0.4, -0.2) is 97.2 Å². The smallest absolute Gasteiger partial charge is 0.422 e. The number of rotatable bonds is 10. The largest absolute Gasteiger partial charge is 0.481 e. The first-order valence-electron chi connectivity index (χ1n) is 18.6. The zero-order chi connectivity index (χ0) is 36.4. The van der Waals surface area contributed by atoms with Crippen molar-refractivity contribution in [3.8, 4) is 16.9 Å². The minimum atomic E-state index is -4.59. The molecule has 2 aliphatic carbocycles. The van der Waals surface area contributed by atoms with Crippen LogP contribution in [0.1, 0.15) is 67.6 Å². The van der Waals surface area contributed by atoms with E-state index in [2.05, 4.69) is 27.3 Å². The molecule has 3 aliphatic heterocycles. The molecule has 1 spiro atoms. The van der Waals surface area contributed by atoms with Crippen LogP contribution in [0.5, 0.6) is 5.75 Å². The number of halogens is 3. The Kier molecular flexibility index (Phi) is 8.82. The van der Waals surface area contributed by atoms with E-state index in [0.29, 0.717) is 83.8 Å². The van der Waals surface area contributed by atoms with Gasteiger partial charge in [-0.25, -0.2) is 4.98 Å². The summed E-state index contributed by atoms with van der Waals surface area (Å²) >= 11 is 0. The summed E-state index contributed by atoms with van der Waals surface area (Å²) in [6, 6.07) is 5.65. The van der Waals surface area contributed by atoms with Crippen LogP contribution in [0.15, 0.2) is 30.9 Å². The summed E-state index contributed by atoms with van der Waals surface area (Å²) < 4.78 is 48.2. The number of nitrogens with one attached hydrogen (secondary N) is 1. The molecule has 0 radical (unpaired) electrons. The van der Waals surface area contributed by atoms with Crippen molar-refractivity contribution in [1.82, 2.24) is 19.8 Å². The number of aromatic nitrogens is 2. The monoisotopic (exact) mass is 716 g/mol. The van der Waals surface area contributed by atoms with Crippen molar-refractivity contribution in [1.29, 1.82) is 5.41 Å². The van der Waals surface area contributed by atoms with Gasteiger partial charge in [0.15, 0.2) is 12.4 Å². The molecule has 0 atom stereocenters. The van der Waals surface area contributed by atoms with E-state index in [-0.39, 0.29) is 23.0 Å². The van der Waals surface area contributed by atoms with Crippen molar-refractivity contribution in [3.63, 3.8) is 0 Å². The molecule has 0 bridgehead atoms. The lowest BCUT2D eigenvalue weighted by Gasteiger charge is -2.54. The number of amides is 1. The van der Waals surface area contributed by atoms with Crippen LogP contribution in [0.4, 0.5) is 30.6 Å². The van der Waals surface area contributed by atoms with Crippen LogP contribution in [0.3, 0.4) is 0 Å². The fourth-order valence-electron chi connectivity index (χ4n) is 8.52. The summed E-state index contributed by atoms with van der Waals surface area (Å²) in [5, 5.41) is 8.98. The number of fused-ring (bicyclic) bond motifs is 1. The van der Waals surface area contributed by atoms with Gasteiger partial charge >= 0.3 is 6.18 Å². The topological polar surface area (TPSA) is 115 Å². The van der Waals surface area contributed by atoms with Crippen molar-refractivity contribution >= 4 is 40.5 Å². The van der Waals surface area contributed by atoms with Crippen LogP contribution < -0.4 is 20.3 Å². The molecular weight excluding hydrogens is 669 g/mol. The lowest BCUT2D eigenvalue weighted by atomic mass is 9.72. The van der Waals surface area contributed by atoms with E-state index in [1.54, 1.807) is 6.07 Å². The number of alkyl halides is 3.